The fourth-order valence-corrected chi connectivity index (χ4v) is 2.06. The molecule has 6 heteroatoms. The van der Waals surface area contributed by atoms with Crippen molar-refractivity contribution >= 4 is 24.2 Å². The molecule has 0 bridgehead atoms. The Morgan fingerprint density at radius 2 is 1.67 bits per heavy atom. The van der Waals surface area contributed by atoms with Crippen molar-refractivity contribution in [3.63, 3.8) is 0 Å². The Morgan fingerprint density at radius 3 is 2.22 bits per heavy atom. The number of carbonyl (C=O) groups is 2. The minimum absolute atomic E-state index is 0. The first kappa shape index (κ1) is 15.2. The molecule has 2 aliphatic rings. The average molecular weight is 276 g/mol. The van der Waals surface area contributed by atoms with Gasteiger partial charge in [-0.3, -0.25) is 9.59 Å². The van der Waals surface area contributed by atoms with E-state index in [-0.39, 0.29) is 36.2 Å². The molecule has 1 unspecified atom stereocenters. The molecule has 1 saturated heterocycles. The number of hydrogen-bond donors (Lipinski definition) is 3. The number of carbonyl (C=O) groups excluding carboxylic acids is 2. The van der Waals surface area contributed by atoms with Gasteiger partial charge in [-0.15, -0.1) is 12.4 Å². The van der Waals surface area contributed by atoms with Crippen molar-refractivity contribution in [1.82, 2.24) is 16.0 Å². The highest BCUT2D eigenvalue weighted by molar-refractivity contribution is 5.85. The lowest BCUT2D eigenvalue weighted by Crippen LogP contribution is -2.48. The molecule has 2 rings (SSSR count). The largest absolute Gasteiger partial charge is 0.354 e. The minimum atomic E-state index is -0.0390. The Bertz CT molecular complexity index is 289. The molecule has 2 fully saturated rings. The molecule has 1 saturated carbocycles. The third-order valence-electron chi connectivity index (χ3n) is 3.30. The summed E-state index contributed by atoms with van der Waals surface area (Å²) in [6.45, 7) is 1.99. The Labute approximate surface area is 114 Å². The standard InChI is InChI=1S/C12H21N3O2.ClH/c16-11(9-4-5-9)14-7-8-15-12(17)10-3-1-2-6-13-10;/h9-10,13H,1-8H2,(H,14,16)(H,15,17);1H. The fourth-order valence-electron chi connectivity index (χ4n) is 2.06. The summed E-state index contributed by atoms with van der Waals surface area (Å²) >= 11 is 0. The van der Waals surface area contributed by atoms with Crippen molar-refractivity contribution in [3.05, 3.63) is 0 Å². The van der Waals surface area contributed by atoms with Crippen molar-refractivity contribution in [2.24, 2.45) is 5.92 Å². The summed E-state index contributed by atoms with van der Waals surface area (Å²) in [5, 5.41) is 8.88. The highest BCUT2D eigenvalue weighted by atomic mass is 35.5. The molecular weight excluding hydrogens is 254 g/mol. The molecule has 3 N–H and O–H groups in total. The van der Waals surface area contributed by atoms with Crippen LogP contribution < -0.4 is 16.0 Å². The molecule has 0 aromatic rings. The minimum Gasteiger partial charge on any atom is -0.354 e. The van der Waals surface area contributed by atoms with Crippen LogP contribution >= 0.6 is 12.4 Å². The van der Waals surface area contributed by atoms with Crippen molar-refractivity contribution in [2.45, 2.75) is 38.1 Å². The summed E-state index contributed by atoms with van der Waals surface area (Å²) in [6, 6.07) is -0.0390. The van der Waals surface area contributed by atoms with E-state index in [1.807, 2.05) is 0 Å². The van der Waals surface area contributed by atoms with E-state index < -0.39 is 0 Å². The van der Waals surface area contributed by atoms with Crippen LogP contribution in [0.1, 0.15) is 32.1 Å². The maximum atomic E-state index is 11.7. The van der Waals surface area contributed by atoms with Gasteiger partial charge in [0.2, 0.25) is 11.8 Å². The summed E-state index contributed by atoms with van der Waals surface area (Å²) in [7, 11) is 0. The maximum Gasteiger partial charge on any atom is 0.237 e. The summed E-state index contributed by atoms with van der Waals surface area (Å²) in [5.41, 5.74) is 0. The first-order chi connectivity index (χ1) is 8.27. The number of piperidine rings is 1. The van der Waals surface area contributed by atoms with Crippen molar-refractivity contribution < 1.29 is 9.59 Å². The molecule has 18 heavy (non-hydrogen) atoms. The SMILES string of the molecule is Cl.O=C(NCCNC(=O)C1CCCCN1)C1CC1. The normalized spacial score (nSPS) is 22.8. The highest BCUT2D eigenvalue weighted by Gasteiger charge is 2.29. The number of amides is 2. The topological polar surface area (TPSA) is 70.2 Å². The summed E-state index contributed by atoms with van der Waals surface area (Å²) in [4.78, 5) is 23.0. The first-order valence-corrected chi connectivity index (χ1v) is 6.56. The van der Waals surface area contributed by atoms with Gasteiger partial charge in [0, 0.05) is 19.0 Å². The van der Waals surface area contributed by atoms with Gasteiger partial charge in [-0.1, -0.05) is 6.42 Å². The van der Waals surface area contributed by atoms with Gasteiger partial charge in [-0.25, -0.2) is 0 Å². The molecule has 0 aromatic carbocycles. The fraction of sp³-hybridized carbons (Fsp3) is 0.833. The monoisotopic (exact) mass is 275 g/mol. The number of rotatable bonds is 5. The van der Waals surface area contributed by atoms with E-state index in [0.717, 1.165) is 38.6 Å². The van der Waals surface area contributed by atoms with Crippen LogP contribution in [0.15, 0.2) is 0 Å². The molecule has 0 radical (unpaired) electrons. The summed E-state index contributed by atoms with van der Waals surface area (Å²) in [6.07, 6.45) is 5.22. The zero-order valence-corrected chi connectivity index (χ0v) is 11.4. The molecule has 5 nitrogen and oxygen atoms in total. The second-order valence-corrected chi connectivity index (χ2v) is 4.86. The number of halogens is 1. The van der Waals surface area contributed by atoms with Crippen LogP contribution in [0.4, 0.5) is 0 Å². The Morgan fingerprint density at radius 1 is 1.00 bits per heavy atom. The molecule has 1 heterocycles. The second kappa shape index (κ2) is 7.59. The molecule has 2 amide bonds. The molecule has 1 atom stereocenters. The van der Waals surface area contributed by atoms with Crippen LogP contribution in [-0.4, -0.2) is 37.5 Å². The van der Waals surface area contributed by atoms with Crippen molar-refractivity contribution in [2.75, 3.05) is 19.6 Å². The van der Waals surface area contributed by atoms with Crippen LogP contribution in [0, 0.1) is 5.92 Å². The molecule has 1 aliphatic heterocycles. The van der Waals surface area contributed by atoms with E-state index in [2.05, 4.69) is 16.0 Å². The van der Waals surface area contributed by atoms with E-state index >= 15 is 0 Å². The van der Waals surface area contributed by atoms with Gasteiger partial charge in [0.15, 0.2) is 0 Å². The Balaban J connectivity index is 0.00000162. The van der Waals surface area contributed by atoms with E-state index in [1.165, 1.54) is 0 Å². The Kier molecular flexibility index (Phi) is 6.43. The molecular formula is C12H22ClN3O2. The van der Waals surface area contributed by atoms with E-state index in [4.69, 9.17) is 0 Å². The third-order valence-corrected chi connectivity index (χ3v) is 3.30. The van der Waals surface area contributed by atoms with E-state index in [0.29, 0.717) is 13.1 Å². The second-order valence-electron chi connectivity index (χ2n) is 4.86. The van der Waals surface area contributed by atoms with Gasteiger partial charge in [-0.2, -0.15) is 0 Å². The van der Waals surface area contributed by atoms with Gasteiger partial charge in [0.1, 0.15) is 0 Å². The maximum absolute atomic E-state index is 11.7. The predicted molar refractivity (Wildman–Crippen MR) is 71.6 cm³/mol. The van der Waals surface area contributed by atoms with Crippen LogP contribution in [0.5, 0.6) is 0 Å². The average Bonchev–Trinajstić information content (AvgIpc) is 3.19. The zero-order chi connectivity index (χ0) is 12.1. The van der Waals surface area contributed by atoms with Gasteiger partial charge in [0.05, 0.1) is 6.04 Å². The van der Waals surface area contributed by atoms with Crippen LogP contribution in [0.2, 0.25) is 0 Å². The molecule has 1 aliphatic carbocycles. The van der Waals surface area contributed by atoms with Gasteiger partial charge in [-0.05, 0) is 32.2 Å². The number of hydrogen-bond acceptors (Lipinski definition) is 3. The van der Waals surface area contributed by atoms with Crippen molar-refractivity contribution in [1.29, 1.82) is 0 Å². The van der Waals surface area contributed by atoms with Gasteiger partial charge in [0.25, 0.3) is 0 Å². The third kappa shape index (κ3) is 4.82. The molecule has 104 valence electrons. The van der Waals surface area contributed by atoms with Crippen LogP contribution in [0.25, 0.3) is 0 Å². The summed E-state index contributed by atoms with van der Waals surface area (Å²) < 4.78 is 0. The highest BCUT2D eigenvalue weighted by Crippen LogP contribution is 2.28. The predicted octanol–water partition coefficient (Wildman–Crippen LogP) is 0.193. The van der Waals surface area contributed by atoms with Crippen molar-refractivity contribution in [3.8, 4) is 0 Å². The van der Waals surface area contributed by atoms with Crippen LogP contribution in [0.3, 0.4) is 0 Å². The van der Waals surface area contributed by atoms with E-state index in [1.54, 1.807) is 0 Å². The summed E-state index contributed by atoms with van der Waals surface area (Å²) in [5.74, 6) is 0.436. The lowest BCUT2D eigenvalue weighted by molar-refractivity contribution is -0.124. The van der Waals surface area contributed by atoms with Gasteiger partial charge >= 0.3 is 0 Å². The smallest absolute Gasteiger partial charge is 0.237 e. The molecule has 0 spiro atoms. The first-order valence-electron chi connectivity index (χ1n) is 6.56. The zero-order valence-electron chi connectivity index (χ0n) is 10.5. The lowest BCUT2D eigenvalue weighted by atomic mass is 10.0. The van der Waals surface area contributed by atoms with Crippen LogP contribution in [-0.2, 0) is 9.59 Å². The Hall–Kier alpha value is -0.810. The van der Waals surface area contributed by atoms with Gasteiger partial charge < -0.3 is 16.0 Å². The lowest BCUT2D eigenvalue weighted by Gasteiger charge is -2.22. The number of nitrogens with one attached hydrogen (secondary N) is 3. The quantitative estimate of drug-likeness (QED) is 0.628. The van der Waals surface area contributed by atoms with E-state index in [9.17, 15) is 9.59 Å². The molecule has 0 aromatic heterocycles.